The number of ether oxygens (including phenoxy) is 1. The second kappa shape index (κ2) is 9.30. The van der Waals surface area contributed by atoms with Crippen LogP contribution in [0.15, 0.2) is 40.9 Å². The third-order valence-electron chi connectivity index (χ3n) is 4.75. The van der Waals surface area contributed by atoms with Crippen LogP contribution >= 0.6 is 15.9 Å². The van der Waals surface area contributed by atoms with Gasteiger partial charge in [0.05, 0.1) is 16.9 Å². The quantitative estimate of drug-likeness (QED) is 0.571. The molecular weight excluding hydrogens is 468 g/mol. The van der Waals surface area contributed by atoms with Crippen molar-refractivity contribution in [2.45, 2.75) is 32.8 Å². The van der Waals surface area contributed by atoms with Gasteiger partial charge in [0.25, 0.3) is 5.91 Å². The third kappa shape index (κ3) is 4.93. The number of ketones is 1. The van der Waals surface area contributed by atoms with Crippen molar-refractivity contribution in [3.63, 3.8) is 0 Å². The summed E-state index contributed by atoms with van der Waals surface area (Å²) >= 11 is 3.20. The number of hydrogen-bond acceptors (Lipinski definition) is 5. The van der Waals surface area contributed by atoms with E-state index in [1.54, 1.807) is 31.2 Å². The van der Waals surface area contributed by atoms with Gasteiger partial charge in [-0.1, -0.05) is 22.9 Å². The lowest BCUT2D eigenvalue weighted by atomic mass is 10.0. The van der Waals surface area contributed by atoms with Gasteiger partial charge in [0, 0.05) is 16.5 Å². The fraction of sp³-hybridized carbons (Fsp3) is 0.273. The van der Waals surface area contributed by atoms with Crippen molar-refractivity contribution in [1.29, 1.82) is 0 Å². The molecule has 2 amide bonds. The molecule has 0 fully saturated rings. The van der Waals surface area contributed by atoms with Crippen molar-refractivity contribution in [2.24, 2.45) is 0 Å². The summed E-state index contributed by atoms with van der Waals surface area (Å²) in [4.78, 5) is 50.5. The van der Waals surface area contributed by atoms with Crippen molar-refractivity contribution in [2.75, 3.05) is 16.8 Å². The minimum atomic E-state index is -1.20. The van der Waals surface area contributed by atoms with E-state index in [9.17, 15) is 24.3 Å². The summed E-state index contributed by atoms with van der Waals surface area (Å²) in [6.07, 6.45) is 0.249. The van der Waals surface area contributed by atoms with E-state index in [0.717, 1.165) is 0 Å². The Hall–Kier alpha value is -3.20. The van der Waals surface area contributed by atoms with Crippen molar-refractivity contribution < 1.29 is 29.0 Å². The number of carbonyl (C=O) groups excluding carboxylic acids is 3. The Bertz CT molecular complexity index is 1070. The van der Waals surface area contributed by atoms with E-state index in [2.05, 4.69) is 21.2 Å². The molecule has 9 heteroatoms. The zero-order valence-corrected chi connectivity index (χ0v) is 18.6. The molecule has 1 atom stereocenters. The van der Waals surface area contributed by atoms with Gasteiger partial charge in [-0.2, -0.15) is 0 Å². The van der Waals surface area contributed by atoms with E-state index in [-0.39, 0.29) is 23.6 Å². The predicted octanol–water partition coefficient (Wildman–Crippen LogP) is 3.88. The van der Waals surface area contributed by atoms with E-state index in [4.69, 9.17) is 4.74 Å². The summed E-state index contributed by atoms with van der Waals surface area (Å²) in [7, 11) is 0. The topological polar surface area (TPSA) is 113 Å². The highest BCUT2D eigenvalue weighted by Crippen LogP contribution is 2.35. The van der Waals surface area contributed by atoms with E-state index in [0.29, 0.717) is 34.3 Å². The maximum absolute atomic E-state index is 12.7. The second-order valence-electron chi connectivity index (χ2n) is 7.08. The Balaban J connectivity index is 1.88. The van der Waals surface area contributed by atoms with Gasteiger partial charge in [0.1, 0.15) is 12.3 Å². The maximum Gasteiger partial charge on any atom is 0.337 e. The second-order valence-corrected chi connectivity index (χ2v) is 8.00. The first-order valence-electron chi connectivity index (χ1n) is 9.69. The fourth-order valence-corrected chi connectivity index (χ4v) is 3.61. The average molecular weight is 489 g/mol. The summed E-state index contributed by atoms with van der Waals surface area (Å²) in [5, 5.41) is 11.9. The zero-order chi connectivity index (χ0) is 22.7. The van der Waals surface area contributed by atoms with Gasteiger partial charge in [-0.05, 0) is 49.7 Å². The van der Waals surface area contributed by atoms with Crippen LogP contribution in [0.4, 0.5) is 11.4 Å². The number of rotatable bonds is 7. The summed E-state index contributed by atoms with van der Waals surface area (Å²) in [5.41, 5.74) is 0.784. The number of Topliss-reactive ketones (excluding diaryl/α,β-unsaturated/α-hetero) is 1. The Morgan fingerprint density at radius 1 is 1.19 bits per heavy atom. The zero-order valence-electron chi connectivity index (χ0n) is 17.0. The van der Waals surface area contributed by atoms with Crippen LogP contribution in [0.5, 0.6) is 5.75 Å². The average Bonchev–Trinajstić information content (AvgIpc) is 2.72. The minimum absolute atomic E-state index is 0.0678. The molecular formula is C22H21BrN2O6. The van der Waals surface area contributed by atoms with E-state index < -0.39 is 23.9 Å². The molecule has 0 aliphatic carbocycles. The first-order chi connectivity index (χ1) is 14.7. The van der Waals surface area contributed by atoms with Crippen LogP contribution in [0.25, 0.3) is 0 Å². The summed E-state index contributed by atoms with van der Waals surface area (Å²) in [6.45, 7) is 3.11. The molecule has 1 unspecified atom stereocenters. The molecule has 2 aromatic carbocycles. The molecule has 31 heavy (non-hydrogen) atoms. The highest BCUT2D eigenvalue weighted by Gasteiger charge is 2.33. The smallest absolute Gasteiger partial charge is 0.337 e. The third-order valence-corrected chi connectivity index (χ3v) is 5.25. The lowest BCUT2D eigenvalue weighted by Gasteiger charge is -2.33. The molecule has 0 saturated heterocycles. The molecule has 162 valence electrons. The van der Waals surface area contributed by atoms with Crippen molar-refractivity contribution in [1.82, 2.24) is 0 Å². The summed E-state index contributed by atoms with van der Waals surface area (Å²) in [6, 6.07) is 9.24. The first kappa shape index (κ1) is 22.5. The van der Waals surface area contributed by atoms with Crippen LogP contribution in [-0.2, 0) is 9.59 Å². The summed E-state index contributed by atoms with van der Waals surface area (Å²) < 4.78 is 6.17. The summed E-state index contributed by atoms with van der Waals surface area (Å²) in [5.74, 6) is -1.89. The van der Waals surface area contributed by atoms with Gasteiger partial charge in [-0.25, -0.2) is 4.79 Å². The molecule has 1 aliphatic heterocycles. The van der Waals surface area contributed by atoms with E-state index >= 15 is 0 Å². The lowest BCUT2D eigenvalue weighted by molar-refractivity contribution is -0.127. The highest BCUT2D eigenvalue weighted by atomic mass is 79.9. The number of nitrogens with one attached hydrogen (secondary N) is 1. The number of hydrogen-bond donors (Lipinski definition) is 2. The molecule has 0 spiro atoms. The minimum Gasteiger partial charge on any atom is -0.479 e. The largest absolute Gasteiger partial charge is 0.479 e. The molecule has 1 heterocycles. The Morgan fingerprint density at radius 2 is 1.94 bits per heavy atom. The highest BCUT2D eigenvalue weighted by molar-refractivity contribution is 9.10. The molecule has 0 aromatic heterocycles. The number of carbonyl (C=O) groups is 4. The first-order valence-corrected chi connectivity index (χ1v) is 10.5. The van der Waals surface area contributed by atoms with Crippen LogP contribution in [0.1, 0.15) is 47.4 Å². The van der Waals surface area contributed by atoms with Crippen molar-refractivity contribution >= 4 is 50.9 Å². The number of benzene rings is 2. The number of carboxylic acid groups (broad SMARTS) is 1. The maximum atomic E-state index is 12.7. The van der Waals surface area contributed by atoms with Crippen molar-refractivity contribution in [3.05, 3.63) is 52.0 Å². The molecule has 0 saturated carbocycles. The van der Waals surface area contributed by atoms with E-state index in [1.807, 2.05) is 6.92 Å². The lowest BCUT2D eigenvalue weighted by Crippen LogP contribution is -2.47. The molecule has 8 nitrogen and oxygen atoms in total. The van der Waals surface area contributed by atoms with Crippen molar-refractivity contribution in [3.8, 4) is 5.75 Å². The monoisotopic (exact) mass is 488 g/mol. The SMILES string of the molecule is CCCC(=O)c1ccc2c(c1)N(CC(=O)Nc1ccc(Br)cc1C(=O)O)C(=O)C(C)O2. The number of fused-ring (bicyclic) bond motifs is 1. The van der Waals surface area contributed by atoms with Gasteiger partial charge in [-0.3, -0.25) is 19.3 Å². The van der Waals surface area contributed by atoms with Crippen LogP contribution in [0.3, 0.4) is 0 Å². The Kier molecular flexibility index (Phi) is 6.74. The number of aromatic carboxylic acids is 1. The fourth-order valence-electron chi connectivity index (χ4n) is 3.25. The van der Waals surface area contributed by atoms with Gasteiger partial charge >= 0.3 is 5.97 Å². The molecule has 2 N–H and O–H groups in total. The van der Waals surface area contributed by atoms with Crippen LogP contribution in [-0.4, -0.2) is 41.3 Å². The molecule has 2 aromatic rings. The predicted molar refractivity (Wildman–Crippen MR) is 118 cm³/mol. The molecule has 0 radical (unpaired) electrons. The molecule has 0 bridgehead atoms. The standard InChI is InChI=1S/C22H21BrN2O6/c1-3-4-18(26)13-5-8-19-17(9-13)25(21(28)12(2)31-19)11-20(27)24-16-7-6-14(23)10-15(16)22(29)30/h5-10,12H,3-4,11H2,1-2H3,(H,24,27)(H,29,30). The van der Waals surface area contributed by atoms with Crippen LogP contribution in [0, 0.1) is 0 Å². The van der Waals surface area contributed by atoms with Gasteiger partial charge in [0.2, 0.25) is 5.91 Å². The number of nitrogens with zero attached hydrogens (tertiary/aromatic N) is 1. The Morgan fingerprint density at radius 3 is 2.61 bits per heavy atom. The van der Waals surface area contributed by atoms with Crippen LogP contribution in [0.2, 0.25) is 0 Å². The molecule has 3 rings (SSSR count). The van der Waals surface area contributed by atoms with E-state index in [1.165, 1.54) is 17.0 Å². The normalized spacial score (nSPS) is 15.1. The van der Waals surface area contributed by atoms with Gasteiger partial charge < -0.3 is 15.2 Å². The number of halogens is 1. The van der Waals surface area contributed by atoms with Crippen LogP contribution < -0.4 is 15.0 Å². The number of carboxylic acids is 1. The van der Waals surface area contributed by atoms with Gasteiger partial charge in [0.15, 0.2) is 11.9 Å². The molecule has 1 aliphatic rings. The Labute approximate surface area is 187 Å². The van der Waals surface area contributed by atoms with Gasteiger partial charge in [-0.15, -0.1) is 0 Å². The number of anilines is 2. The number of amides is 2.